The molecule has 172 valence electrons. The molecule has 2 aliphatic rings. The molecule has 1 aliphatic carbocycles. The van der Waals surface area contributed by atoms with Gasteiger partial charge in [-0.05, 0) is 30.9 Å². The number of rotatable bonds is 6. The maximum absolute atomic E-state index is 13.4. The second kappa shape index (κ2) is 8.02. The van der Waals surface area contributed by atoms with Gasteiger partial charge < -0.3 is 20.5 Å². The lowest BCUT2D eigenvalue weighted by atomic mass is 9.87. The maximum atomic E-state index is 13.4. The number of benzene rings is 1. The number of nitrogens with zero attached hydrogens (tertiary/aromatic N) is 5. The number of hydrogen-bond donors (Lipinski definition) is 2. The first-order valence-corrected chi connectivity index (χ1v) is 11.2. The summed E-state index contributed by atoms with van der Waals surface area (Å²) in [6.45, 7) is 4.02. The summed E-state index contributed by atoms with van der Waals surface area (Å²) in [6.07, 6.45) is 5.97. The van der Waals surface area contributed by atoms with E-state index in [0.29, 0.717) is 43.0 Å². The largest absolute Gasteiger partial charge is 0.394 e. The summed E-state index contributed by atoms with van der Waals surface area (Å²) >= 11 is 0. The van der Waals surface area contributed by atoms with Gasteiger partial charge in [0.1, 0.15) is 18.2 Å². The van der Waals surface area contributed by atoms with E-state index >= 15 is 0 Å². The third-order valence-corrected chi connectivity index (χ3v) is 7.20. The van der Waals surface area contributed by atoms with Crippen molar-refractivity contribution < 1.29 is 14.7 Å². The van der Waals surface area contributed by atoms with Gasteiger partial charge in [-0.1, -0.05) is 30.3 Å². The van der Waals surface area contributed by atoms with Gasteiger partial charge in [0.05, 0.1) is 28.9 Å². The summed E-state index contributed by atoms with van der Waals surface area (Å²) in [4.78, 5) is 33.3. The fraction of sp³-hybridized carbons (Fsp3) is 0.417. The molecule has 3 heterocycles. The molecular formula is C24H28N6O3. The first-order chi connectivity index (χ1) is 15.9. The standard InChI is InChI=1S/C24H28N6O3/c1-17-19(22(33)28-9-11-29(12-10-28)23(14-31)7-8-23)13-30-20(17)21(26-16-27-30)24(25,15-32)18-5-3-2-4-6-18/h2-6,13-14,16,32H,7-12,15,25H2,1H3/t24-/m0/s1. The van der Waals surface area contributed by atoms with Crippen molar-refractivity contribution in [2.75, 3.05) is 32.8 Å². The predicted molar refractivity (Wildman–Crippen MR) is 122 cm³/mol. The molecule has 1 saturated heterocycles. The lowest BCUT2D eigenvalue weighted by Gasteiger charge is -2.37. The average Bonchev–Trinajstić information content (AvgIpc) is 3.61. The zero-order valence-electron chi connectivity index (χ0n) is 18.6. The highest BCUT2D eigenvalue weighted by molar-refractivity contribution is 5.98. The summed E-state index contributed by atoms with van der Waals surface area (Å²) in [5.74, 6) is -0.0779. The van der Waals surface area contributed by atoms with Crippen LogP contribution in [0.3, 0.4) is 0 Å². The van der Waals surface area contributed by atoms with E-state index in [1.54, 1.807) is 10.7 Å². The molecule has 1 amide bonds. The minimum absolute atomic E-state index is 0.0779. The highest BCUT2D eigenvalue weighted by Gasteiger charge is 2.49. The summed E-state index contributed by atoms with van der Waals surface area (Å²) in [5.41, 5.74) is 8.23. The molecular weight excluding hydrogens is 420 g/mol. The zero-order chi connectivity index (χ0) is 23.2. The number of fused-ring (bicyclic) bond motifs is 1. The van der Waals surface area contributed by atoms with Crippen LogP contribution in [0.2, 0.25) is 0 Å². The Balaban J connectivity index is 1.47. The topological polar surface area (TPSA) is 117 Å². The van der Waals surface area contributed by atoms with Gasteiger partial charge in [-0.25, -0.2) is 9.50 Å². The van der Waals surface area contributed by atoms with Crippen LogP contribution in [-0.2, 0) is 10.3 Å². The van der Waals surface area contributed by atoms with Crippen LogP contribution in [0.25, 0.3) is 5.52 Å². The number of aliphatic hydroxyl groups excluding tert-OH is 1. The molecule has 5 rings (SSSR count). The van der Waals surface area contributed by atoms with E-state index in [1.807, 2.05) is 42.2 Å². The van der Waals surface area contributed by atoms with Crippen LogP contribution in [0.15, 0.2) is 42.9 Å². The van der Waals surface area contributed by atoms with E-state index in [4.69, 9.17) is 5.73 Å². The van der Waals surface area contributed by atoms with Crippen molar-refractivity contribution in [1.82, 2.24) is 24.4 Å². The van der Waals surface area contributed by atoms with Crippen molar-refractivity contribution in [1.29, 1.82) is 0 Å². The van der Waals surface area contributed by atoms with Gasteiger partial charge in [-0.3, -0.25) is 9.69 Å². The van der Waals surface area contributed by atoms with E-state index in [-0.39, 0.29) is 18.1 Å². The van der Waals surface area contributed by atoms with Gasteiger partial charge in [0.25, 0.3) is 5.91 Å². The molecule has 0 bridgehead atoms. The second-order valence-electron chi connectivity index (χ2n) is 9.07. The molecule has 1 atom stereocenters. The second-order valence-corrected chi connectivity index (χ2v) is 9.07. The van der Waals surface area contributed by atoms with E-state index in [1.165, 1.54) is 6.33 Å². The SMILES string of the molecule is Cc1c(C(=O)N2CCN(C3(C=O)CC3)CC2)cn2ncnc([C@](N)(CO)c3ccccc3)c12. The lowest BCUT2D eigenvalue weighted by molar-refractivity contribution is -0.114. The van der Waals surface area contributed by atoms with Crippen molar-refractivity contribution in [3.8, 4) is 0 Å². The molecule has 9 nitrogen and oxygen atoms in total. The predicted octanol–water partition coefficient (Wildman–Crippen LogP) is 0.722. The Labute approximate surface area is 191 Å². The van der Waals surface area contributed by atoms with E-state index in [2.05, 4.69) is 15.0 Å². The number of carbonyl (C=O) groups is 2. The summed E-state index contributed by atoms with van der Waals surface area (Å²) in [7, 11) is 0. The van der Waals surface area contributed by atoms with E-state index < -0.39 is 5.54 Å². The minimum atomic E-state index is -1.24. The number of carbonyl (C=O) groups excluding carboxylic acids is 2. The number of aromatic nitrogens is 3. The fourth-order valence-corrected chi connectivity index (χ4v) is 4.90. The Bertz CT molecular complexity index is 1200. The third kappa shape index (κ3) is 3.43. The van der Waals surface area contributed by atoms with Crippen molar-refractivity contribution in [3.63, 3.8) is 0 Å². The Morgan fingerprint density at radius 1 is 1.21 bits per heavy atom. The van der Waals surface area contributed by atoms with Crippen LogP contribution in [0, 0.1) is 6.92 Å². The summed E-state index contributed by atoms with van der Waals surface area (Å²) in [5, 5.41) is 14.6. The van der Waals surface area contributed by atoms with Crippen molar-refractivity contribution in [2.24, 2.45) is 5.73 Å². The van der Waals surface area contributed by atoms with Gasteiger partial charge in [0.15, 0.2) is 0 Å². The maximum Gasteiger partial charge on any atom is 0.255 e. The molecule has 33 heavy (non-hydrogen) atoms. The molecule has 0 spiro atoms. The molecule has 2 fully saturated rings. The average molecular weight is 449 g/mol. The van der Waals surface area contributed by atoms with Crippen LogP contribution < -0.4 is 5.73 Å². The molecule has 1 aliphatic heterocycles. The summed E-state index contributed by atoms with van der Waals surface area (Å²) < 4.78 is 1.62. The number of aliphatic hydroxyl groups is 1. The first kappa shape index (κ1) is 21.7. The minimum Gasteiger partial charge on any atom is -0.394 e. The third-order valence-electron chi connectivity index (χ3n) is 7.20. The summed E-state index contributed by atoms with van der Waals surface area (Å²) in [6, 6.07) is 9.31. The molecule has 2 aromatic heterocycles. The molecule has 1 saturated carbocycles. The fourth-order valence-electron chi connectivity index (χ4n) is 4.90. The van der Waals surface area contributed by atoms with Gasteiger partial charge in [-0.2, -0.15) is 5.10 Å². The monoisotopic (exact) mass is 448 g/mol. The first-order valence-electron chi connectivity index (χ1n) is 11.2. The van der Waals surface area contributed by atoms with Gasteiger partial charge in [0.2, 0.25) is 0 Å². The molecule has 9 heteroatoms. The van der Waals surface area contributed by atoms with Crippen molar-refractivity contribution in [3.05, 3.63) is 65.2 Å². The van der Waals surface area contributed by atoms with Gasteiger partial charge in [0, 0.05) is 32.4 Å². The zero-order valence-corrected chi connectivity index (χ0v) is 18.6. The van der Waals surface area contributed by atoms with Gasteiger partial charge in [-0.15, -0.1) is 0 Å². The van der Waals surface area contributed by atoms with Crippen molar-refractivity contribution in [2.45, 2.75) is 30.8 Å². The lowest BCUT2D eigenvalue weighted by Crippen LogP contribution is -2.53. The van der Waals surface area contributed by atoms with Crippen LogP contribution in [-0.4, -0.2) is 80.0 Å². The van der Waals surface area contributed by atoms with Crippen LogP contribution in [0.5, 0.6) is 0 Å². The molecule has 0 unspecified atom stereocenters. The van der Waals surface area contributed by atoms with Crippen LogP contribution >= 0.6 is 0 Å². The van der Waals surface area contributed by atoms with E-state index in [9.17, 15) is 14.7 Å². The Kier molecular flexibility index (Phi) is 5.27. The highest BCUT2D eigenvalue weighted by atomic mass is 16.3. The van der Waals surface area contributed by atoms with E-state index in [0.717, 1.165) is 30.3 Å². The molecule has 0 radical (unpaired) electrons. The Morgan fingerprint density at radius 3 is 2.52 bits per heavy atom. The number of amides is 1. The molecule has 3 aromatic rings. The van der Waals surface area contributed by atoms with Crippen LogP contribution in [0.1, 0.15) is 40.0 Å². The normalized spacial score (nSPS) is 19.9. The Hall–Kier alpha value is -3.14. The number of aryl methyl sites for hydroxylation is 1. The smallest absolute Gasteiger partial charge is 0.255 e. The van der Waals surface area contributed by atoms with Crippen molar-refractivity contribution >= 4 is 17.7 Å². The number of hydrogen-bond acceptors (Lipinski definition) is 7. The van der Waals surface area contributed by atoms with Crippen LogP contribution in [0.4, 0.5) is 0 Å². The number of piperazine rings is 1. The highest BCUT2D eigenvalue weighted by Crippen LogP contribution is 2.40. The Morgan fingerprint density at radius 2 is 1.91 bits per heavy atom. The molecule has 1 aromatic carbocycles. The number of nitrogens with two attached hydrogens (primary N) is 1. The quantitative estimate of drug-likeness (QED) is 0.534. The molecule has 3 N–H and O–H groups in total. The van der Waals surface area contributed by atoms with Gasteiger partial charge >= 0.3 is 0 Å². The number of aldehydes is 1.